The number of hydrogen-bond donors (Lipinski definition) is 2. The van der Waals surface area contributed by atoms with E-state index in [1.807, 2.05) is 25.1 Å². The van der Waals surface area contributed by atoms with Crippen LogP contribution in [0.5, 0.6) is 0 Å². The van der Waals surface area contributed by atoms with Gasteiger partial charge >= 0.3 is 0 Å². The summed E-state index contributed by atoms with van der Waals surface area (Å²) < 4.78 is 4.86. The van der Waals surface area contributed by atoms with Gasteiger partial charge in [0.15, 0.2) is 0 Å². The fourth-order valence-corrected chi connectivity index (χ4v) is 1.89. The van der Waals surface area contributed by atoms with Gasteiger partial charge in [-0.25, -0.2) is 0 Å². The minimum Gasteiger partial charge on any atom is -0.383 e. The molecule has 0 atom stereocenters. The highest BCUT2D eigenvalue weighted by molar-refractivity contribution is 6.30. The lowest BCUT2D eigenvalue weighted by atomic mass is 10.1. The number of amides is 1. The van der Waals surface area contributed by atoms with E-state index in [9.17, 15) is 4.79 Å². The van der Waals surface area contributed by atoms with Gasteiger partial charge in [-0.2, -0.15) is 0 Å². The number of methoxy groups -OCH3 is 1. The van der Waals surface area contributed by atoms with Gasteiger partial charge in [-0.1, -0.05) is 17.7 Å². The minimum atomic E-state index is 0.0392. The Balaban J connectivity index is 2.18. The molecule has 0 aliphatic rings. The molecular formula is C14H21ClN2O2. The SMILES string of the molecule is COCCNC(=O)CCNCc1ccc(Cl)cc1C. The van der Waals surface area contributed by atoms with Crippen molar-refractivity contribution in [2.45, 2.75) is 19.9 Å². The van der Waals surface area contributed by atoms with Crippen LogP contribution in [0, 0.1) is 6.92 Å². The number of halogens is 1. The lowest BCUT2D eigenvalue weighted by Gasteiger charge is -2.08. The molecule has 106 valence electrons. The Bertz CT molecular complexity index is 410. The average molecular weight is 285 g/mol. The van der Waals surface area contributed by atoms with Crippen LogP contribution in [0.4, 0.5) is 0 Å². The van der Waals surface area contributed by atoms with Crippen LogP contribution in [0.1, 0.15) is 17.5 Å². The van der Waals surface area contributed by atoms with E-state index in [-0.39, 0.29) is 5.91 Å². The van der Waals surface area contributed by atoms with Crippen LogP contribution in [0.3, 0.4) is 0 Å². The van der Waals surface area contributed by atoms with E-state index in [4.69, 9.17) is 16.3 Å². The maximum Gasteiger partial charge on any atom is 0.221 e. The number of carbonyl (C=O) groups is 1. The van der Waals surface area contributed by atoms with E-state index < -0.39 is 0 Å². The first-order valence-electron chi connectivity index (χ1n) is 6.35. The number of nitrogens with one attached hydrogen (secondary N) is 2. The largest absolute Gasteiger partial charge is 0.383 e. The monoisotopic (exact) mass is 284 g/mol. The summed E-state index contributed by atoms with van der Waals surface area (Å²) in [4.78, 5) is 11.4. The van der Waals surface area contributed by atoms with Crippen molar-refractivity contribution in [3.05, 3.63) is 34.3 Å². The zero-order chi connectivity index (χ0) is 14.1. The molecule has 0 unspecified atom stereocenters. The highest BCUT2D eigenvalue weighted by Crippen LogP contribution is 2.14. The molecule has 0 radical (unpaired) electrons. The van der Waals surface area contributed by atoms with Gasteiger partial charge in [0, 0.05) is 38.2 Å². The van der Waals surface area contributed by atoms with Crippen molar-refractivity contribution in [1.29, 1.82) is 0 Å². The Morgan fingerprint density at radius 1 is 1.37 bits per heavy atom. The Morgan fingerprint density at radius 3 is 2.84 bits per heavy atom. The van der Waals surface area contributed by atoms with Gasteiger partial charge in [0.25, 0.3) is 0 Å². The molecule has 5 heteroatoms. The van der Waals surface area contributed by atoms with Crippen LogP contribution in [-0.2, 0) is 16.1 Å². The molecule has 4 nitrogen and oxygen atoms in total. The lowest BCUT2D eigenvalue weighted by molar-refractivity contribution is -0.121. The number of hydrogen-bond acceptors (Lipinski definition) is 3. The normalized spacial score (nSPS) is 10.5. The minimum absolute atomic E-state index is 0.0392. The summed E-state index contributed by atoms with van der Waals surface area (Å²) in [6.45, 7) is 4.53. The van der Waals surface area contributed by atoms with Crippen LogP contribution < -0.4 is 10.6 Å². The second-order valence-electron chi connectivity index (χ2n) is 4.34. The first-order valence-corrected chi connectivity index (χ1v) is 6.72. The summed E-state index contributed by atoms with van der Waals surface area (Å²) in [6, 6.07) is 5.82. The summed E-state index contributed by atoms with van der Waals surface area (Å²) >= 11 is 5.90. The highest BCUT2D eigenvalue weighted by atomic mass is 35.5. The van der Waals surface area contributed by atoms with Crippen LogP contribution in [-0.4, -0.2) is 32.7 Å². The quantitative estimate of drug-likeness (QED) is 0.717. The molecule has 1 rings (SSSR count). The second-order valence-corrected chi connectivity index (χ2v) is 4.78. The van der Waals surface area contributed by atoms with Gasteiger partial charge < -0.3 is 15.4 Å². The van der Waals surface area contributed by atoms with E-state index in [1.54, 1.807) is 7.11 Å². The lowest BCUT2D eigenvalue weighted by Crippen LogP contribution is -2.30. The van der Waals surface area contributed by atoms with Gasteiger partial charge in [-0.05, 0) is 30.2 Å². The molecule has 0 saturated carbocycles. The molecule has 0 heterocycles. The van der Waals surface area contributed by atoms with Crippen LogP contribution in [0.25, 0.3) is 0 Å². The van der Waals surface area contributed by atoms with E-state index >= 15 is 0 Å². The molecule has 0 saturated heterocycles. The predicted molar refractivity (Wildman–Crippen MR) is 77.4 cm³/mol. The summed E-state index contributed by atoms with van der Waals surface area (Å²) in [5.74, 6) is 0.0392. The van der Waals surface area contributed by atoms with Crippen molar-refractivity contribution < 1.29 is 9.53 Å². The van der Waals surface area contributed by atoms with Crippen LogP contribution in [0.2, 0.25) is 5.02 Å². The van der Waals surface area contributed by atoms with E-state index in [0.717, 1.165) is 17.1 Å². The third-order valence-corrected chi connectivity index (χ3v) is 3.01. The summed E-state index contributed by atoms with van der Waals surface area (Å²) in [7, 11) is 1.61. The fraction of sp³-hybridized carbons (Fsp3) is 0.500. The molecule has 1 amide bonds. The zero-order valence-electron chi connectivity index (χ0n) is 11.5. The smallest absolute Gasteiger partial charge is 0.221 e. The van der Waals surface area contributed by atoms with Crippen molar-refractivity contribution in [1.82, 2.24) is 10.6 Å². The molecule has 1 aromatic carbocycles. The van der Waals surface area contributed by atoms with Crippen LogP contribution in [0.15, 0.2) is 18.2 Å². The number of carbonyl (C=O) groups excluding carboxylic acids is 1. The number of ether oxygens (including phenoxy) is 1. The zero-order valence-corrected chi connectivity index (χ0v) is 12.2. The van der Waals surface area contributed by atoms with Crippen molar-refractivity contribution in [2.24, 2.45) is 0 Å². The standard InChI is InChI=1S/C14H21ClN2O2/c1-11-9-13(15)4-3-12(11)10-16-6-5-14(18)17-7-8-19-2/h3-4,9,16H,5-8,10H2,1-2H3,(H,17,18). The second kappa shape index (κ2) is 8.91. The Morgan fingerprint density at radius 2 is 2.16 bits per heavy atom. The Kier molecular flexibility index (Phi) is 7.48. The third kappa shape index (κ3) is 6.57. The van der Waals surface area contributed by atoms with Gasteiger partial charge in [-0.3, -0.25) is 4.79 Å². The summed E-state index contributed by atoms with van der Waals surface area (Å²) in [5.41, 5.74) is 2.36. The van der Waals surface area contributed by atoms with E-state index in [2.05, 4.69) is 10.6 Å². The van der Waals surface area contributed by atoms with Gasteiger partial charge in [0.05, 0.1) is 6.61 Å². The van der Waals surface area contributed by atoms with Gasteiger partial charge in [-0.15, -0.1) is 0 Å². The van der Waals surface area contributed by atoms with Gasteiger partial charge in [0.1, 0.15) is 0 Å². The first-order chi connectivity index (χ1) is 9.13. The van der Waals surface area contributed by atoms with Crippen molar-refractivity contribution in [2.75, 3.05) is 26.8 Å². The number of rotatable bonds is 8. The highest BCUT2D eigenvalue weighted by Gasteiger charge is 2.01. The molecule has 0 bridgehead atoms. The Hall–Kier alpha value is -1.10. The molecule has 0 spiro atoms. The molecule has 2 N–H and O–H groups in total. The maximum absolute atomic E-state index is 11.4. The molecule has 1 aromatic rings. The predicted octanol–water partition coefficient (Wildman–Crippen LogP) is 1.89. The number of benzene rings is 1. The molecular weight excluding hydrogens is 264 g/mol. The maximum atomic E-state index is 11.4. The Labute approximate surface area is 119 Å². The van der Waals surface area contributed by atoms with E-state index in [0.29, 0.717) is 26.1 Å². The van der Waals surface area contributed by atoms with Gasteiger partial charge in [0.2, 0.25) is 5.91 Å². The number of aryl methyl sites for hydroxylation is 1. The topological polar surface area (TPSA) is 50.4 Å². The molecule has 0 aliphatic carbocycles. The first kappa shape index (κ1) is 16.0. The summed E-state index contributed by atoms with van der Waals surface area (Å²) in [6.07, 6.45) is 0.469. The van der Waals surface area contributed by atoms with E-state index in [1.165, 1.54) is 5.56 Å². The summed E-state index contributed by atoms with van der Waals surface area (Å²) in [5, 5.41) is 6.78. The van der Waals surface area contributed by atoms with Crippen molar-refractivity contribution in [3.63, 3.8) is 0 Å². The van der Waals surface area contributed by atoms with Crippen LogP contribution >= 0.6 is 11.6 Å². The average Bonchev–Trinajstić information content (AvgIpc) is 2.37. The molecule has 0 aromatic heterocycles. The third-order valence-electron chi connectivity index (χ3n) is 2.78. The van der Waals surface area contributed by atoms with Crippen molar-refractivity contribution in [3.8, 4) is 0 Å². The van der Waals surface area contributed by atoms with Crippen molar-refractivity contribution >= 4 is 17.5 Å². The fourth-order valence-electron chi connectivity index (χ4n) is 1.66. The molecule has 0 fully saturated rings. The molecule has 19 heavy (non-hydrogen) atoms. The molecule has 0 aliphatic heterocycles.